The molecule has 1 saturated heterocycles. The number of carbonyl (C=O) groups excluding carboxylic acids is 2. The van der Waals surface area contributed by atoms with E-state index in [9.17, 15) is 19.8 Å². The number of carbonyl (C=O) groups is 2. The number of aromatic amines is 1. The third-order valence-electron chi connectivity index (χ3n) is 4.15. The van der Waals surface area contributed by atoms with Crippen LogP contribution in [0.4, 0.5) is 0 Å². The van der Waals surface area contributed by atoms with E-state index in [1.807, 2.05) is 30.5 Å². The van der Waals surface area contributed by atoms with Crippen molar-refractivity contribution < 1.29 is 19.8 Å². The van der Waals surface area contributed by atoms with Crippen LogP contribution in [0.1, 0.15) is 18.4 Å². The van der Waals surface area contributed by atoms with Crippen molar-refractivity contribution in [1.82, 2.24) is 9.88 Å². The second-order valence-corrected chi connectivity index (χ2v) is 5.63. The Morgan fingerprint density at radius 3 is 2.91 bits per heavy atom. The lowest BCUT2D eigenvalue weighted by Crippen LogP contribution is -2.47. The Hall–Kier alpha value is -2.34. The first-order chi connectivity index (χ1) is 10.6. The van der Waals surface area contributed by atoms with Gasteiger partial charge in [0.15, 0.2) is 0 Å². The van der Waals surface area contributed by atoms with E-state index in [4.69, 9.17) is 0 Å². The molecule has 2 atom stereocenters. The number of carboxylic acid groups (broad SMARTS) is 1. The number of hydrogen-bond acceptors (Lipinski definition) is 4. The van der Waals surface area contributed by atoms with Crippen molar-refractivity contribution in [2.24, 2.45) is 0 Å². The zero-order valence-electron chi connectivity index (χ0n) is 12.0. The summed E-state index contributed by atoms with van der Waals surface area (Å²) >= 11 is 0. The zero-order valence-corrected chi connectivity index (χ0v) is 12.0. The Kier molecular flexibility index (Phi) is 3.85. The van der Waals surface area contributed by atoms with Gasteiger partial charge in [-0.15, -0.1) is 0 Å². The van der Waals surface area contributed by atoms with Crippen molar-refractivity contribution in [2.75, 3.05) is 6.54 Å². The molecule has 0 saturated carbocycles. The predicted molar refractivity (Wildman–Crippen MR) is 77.8 cm³/mol. The summed E-state index contributed by atoms with van der Waals surface area (Å²) in [5.41, 5.74) is 2.03. The summed E-state index contributed by atoms with van der Waals surface area (Å²) in [6, 6.07) is 6.79. The third kappa shape index (κ3) is 2.69. The summed E-state index contributed by atoms with van der Waals surface area (Å²) in [6.07, 6.45) is 1.85. The van der Waals surface area contributed by atoms with Gasteiger partial charge in [0.05, 0.1) is 18.1 Å². The number of aliphatic hydroxyl groups excluding tert-OH is 1. The summed E-state index contributed by atoms with van der Waals surface area (Å²) in [7, 11) is 0. The first-order valence-corrected chi connectivity index (χ1v) is 7.29. The number of β-amino-alcohol motifs (C(OH)–C–C–N with tert-alkyl or cyclic N) is 1. The van der Waals surface area contributed by atoms with E-state index in [-0.39, 0.29) is 25.3 Å². The molecule has 1 amide bonds. The summed E-state index contributed by atoms with van der Waals surface area (Å²) in [4.78, 5) is 27.7. The van der Waals surface area contributed by atoms with Crippen molar-refractivity contribution in [3.63, 3.8) is 0 Å². The highest BCUT2D eigenvalue weighted by atomic mass is 16.4. The topological polar surface area (TPSA) is 96.5 Å². The monoisotopic (exact) mass is 301 g/mol. The average Bonchev–Trinajstić information content (AvgIpc) is 3.08. The number of rotatable bonds is 4. The van der Waals surface area contributed by atoms with Gasteiger partial charge in [0, 0.05) is 36.5 Å². The maximum absolute atomic E-state index is 12.3. The lowest BCUT2D eigenvalue weighted by Gasteiger charge is -2.25. The molecule has 116 valence electrons. The number of nitrogens with one attached hydrogen (secondary N) is 1. The highest BCUT2D eigenvalue weighted by molar-refractivity contribution is 5.86. The lowest BCUT2D eigenvalue weighted by molar-refractivity contribution is -0.310. The number of H-pyrrole nitrogens is 1. The molecule has 6 heteroatoms. The summed E-state index contributed by atoms with van der Waals surface area (Å²) in [5.74, 6) is -1.58. The number of amides is 1. The standard InChI is InChI=1S/C16H18N2O4/c19-11-7-14(16(21)22)18(9-11)15(20)6-5-10-8-17-13-4-2-1-3-12(10)13/h1-4,8,11,14,17,19H,5-7,9H2,(H,21,22)/p-1/t11-,14+/m1/s1. The minimum atomic E-state index is -1.31. The van der Waals surface area contributed by atoms with Crippen LogP contribution in [-0.2, 0) is 16.0 Å². The maximum atomic E-state index is 12.3. The van der Waals surface area contributed by atoms with Gasteiger partial charge < -0.3 is 24.9 Å². The molecule has 2 aromatic rings. The Morgan fingerprint density at radius 2 is 2.14 bits per heavy atom. The van der Waals surface area contributed by atoms with Gasteiger partial charge in [-0.3, -0.25) is 4.79 Å². The van der Waals surface area contributed by atoms with Crippen LogP contribution in [-0.4, -0.2) is 45.6 Å². The van der Waals surface area contributed by atoms with Gasteiger partial charge in [-0.2, -0.15) is 0 Å². The fourth-order valence-electron chi connectivity index (χ4n) is 3.04. The zero-order chi connectivity index (χ0) is 15.7. The normalized spacial score (nSPS) is 21.4. The van der Waals surface area contributed by atoms with Crippen LogP contribution in [0.5, 0.6) is 0 Å². The Labute approximate surface area is 127 Å². The largest absolute Gasteiger partial charge is 0.548 e. The minimum absolute atomic E-state index is 0.0428. The first-order valence-electron chi connectivity index (χ1n) is 7.29. The van der Waals surface area contributed by atoms with E-state index >= 15 is 0 Å². The van der Waals surface area contributed by atoms with Crippen molar-refractivity contribution in [2.45, 2.75) is 31.4 Å². The molecule has 22 heavy (non-hydrogen) atoms. The molecule has 0 aliphatic carbocycles. The van der Waals surface area contributed by atoms with Crippen molar-refractivity contribution in [1.29, 1.82) is 0 Å². The molecule has 0 unspecified atom stereocenters. The molecular weight excluding hydrogens is 284 g/mol. The second kappa shape index (κ2) is 5.81. The molecule has 2 heterocycles. The fourth-order valence-corrected chi connectivity index (χ4v) is 3.04. The first kappa shape index (κ1) is 14.6. The number of aryl methyl sites for hydroxylation is 1. The number of nitrogens with zero attached hydrogens (tertiary/aromatic N) is 1. The van der Waals surface area contributed by atoms with Crippen LogP contribution in [0.25, 0.3) is 10.9 Å². The van der Waals surface area contributed by atoms with Gasteiger partial charge in [-0.05, 0) is 18.1 Å². The minimum Gasteiger partial charge on any atom is -0.548 e. The highest BCUT2D eigenvalue weighted by Gasteiger charge is 2.34. The number of fused-ring (bicyclic) bond motifs is 1. The van der Waals surface area contributed by atoms with Gasteiger partial charge in [-0.25, -0.2) is 0 Å². The van der Waals surface area contributed by atoms with Crippen LogP contribution in [0.3, 0.4) is 0 Å². The summed E-state index contributed by atoms with van der Waals surface area (Å²) in [6.45, 7) is 0.0609. The van der Waals surface area contributed by atoms with Crippen LogP contribution < -0.4 is 5.11 Å². The van der Waals surface area contributed by atoms with Crippen LogP contribution in [0.15, 0.2) is 30.5 Å². The Morgan fingerprint density at radius 1 is 1.36 bits per heavy atom. The van der Waals surface area contributed by atoms with E-state index < -0.39 is 18.1 Å². The Bertz CT molecular complexity index is 709. The molecule has 2 N–H and O–H groups in total. The van der Waals surface area contributed by atoms with Gasteiger partial charge in [0.25, 0.3) is 0 Å². The molecular formula is C16H17N2O4-. The maximum Gasteiger partial charge on any atom is 0.223 e. The number of aromatic nitrogens is 1. The van der Waals surface area contributed by atoms with Crippen molar-refractivity contribution in [3.8, 4) is 0 Å². The number of carboxylic acids is 1. The van der Waals surface area contributed by atoms with Crippen LogP contribution in [0.2, 0.25) is 0 Å². The molecule has 6 nitrogen and oxygen atoms in total. The molecule has 3 rings (SSSR count). The molecule has 1 fully saturated rings. The molecule has 1 aliphatic rings. The van der Waals surface area contributed by atoms with Gasteiger partial charge in [0.1, 0.15) is 0 Å². The number of aliphatic hydroxyl groups is 1. The summed E-state index contributed by atoms with van der Waals surface area (Å²) in [5, 5.41) is 21.7. The highest BCUT2D eigenvalue weighted by Crippen LogP contribution is 2.22. The fraction of sp³-hybridized carbons (Fsp3) is 0.375. The number of hydrogen-bond donors (Lipinski definition) is 2. The second-order valence-electron chi connectivity index (χ2n) is 5.63. The summed E-state index contributed by atoms with van der Waals surface area (Å²) < 4.78 is 0. The van der Waals surface area contributed by atoms with Gasteiger partial charge in [-0.1, -0.05) is 18.2 Å². The van der Waals surface area contributed by atoms with Crippen molar-refractivity contribution in [3.05, 3.63) is 36.0 Å². The SMILES string of the molecule is O=C([O-])[C@@H]1C[C@@H](O)CN1C(=O)CCc1c[nH]c2ccccc12. The third-order valence-corrected chi connectivity index (χ3v) is 4.15. The average molecular weight is 301 g/mol. The van der Waals surface area contributed by atoms with Gasteiger partial charge >= 0.3 is 0 Å². The van der Waals surface area contributed by atoms with Gasteiger partial charge in [0.2, 0.25) is 5.91 Å². The Balaban J connectivity index is 1.68. The number of likely N-dealkylation sites (tertiary alicyclic amines) is 1. The molecule has 1 aromatic heterocycles. The quantitative estimate of drug-likeness (QED) is 0.818. The number of benzene rings is 1. The lowest BCUT2D eigenvalue weighted by atomic mass is 10.1. The molecule has 1 aromatic carbocycles. The van der Waals surface area contributed by atoms with E-state index in [2.05, 4.69) is 4.98 Å². The van der Waals surface area contributed by atoms with E-state index in [0.29, 0.717) is 6.42 Å². The molecule has 1 aliphatic heterocycles. The van der Waals surface area contributed by atoms with Crippen LogP contribution >= 0.6 is 0 Å². The molecule has 0 spiro atoms. The van der Waals surface area contributed by atoms with Crippen LogP contribution in [0, 0.1) is 0 Å². The van der Waals surface area contributed by atoms with E-state index in [1.54, 1.807) is 0 Å². The predicted octanol–water partition coefficient (Wildman–Crippen LogP) is -0.188. The molecule has 0 radical (unpaired) electrons. The van der Waals surface area contributed by atoms with E-state index in [0.717, 1.165) is 16.5 Å². The number of para-hydroxylation sites is 1. The molecule has 0 bridgehead atoms. The van der Waals surface area contributed by atoms with Crippen molar-refractivity contribution >= 4 is 22.8 Å². The number of aliphatic carboxylic acids is 1. The van der Waals surface area contributed by atoms with E-state index in [1.165, 1.54) is 4.90 Å². The smallest absolute Gasteiger partial charge is 0.223 e.